The molecule has 2 fully saturated rings. The van der Waals surface area contributed by atoms with Crippen LogP contribution >= 0.6 is 0 Å². The predicted molar refractivity (Wildman–Crippen MR) is 63.0 cm³/mol. The van der Waals surface area contributed by atoms with Crippen LogP contribution in [-0.2, 0) is 9.53 Å². The first kappa shape index (κ1) is 11.9. The standard InChI is InChI=1S/C13H23NO2/c1-9-4-3-5-11(6-9)16-13(15)12-8-14-7-10(12)2/h9-12,14H,3-8H2,1-2H3. The summed E-state index contributed by atoms with van der Waals surface area (Å²) in [6, 6.07) is 0. The Hall–Kier alpha value is -0.570. The van der Waals surface area contributed by atoms with Crippen molar-refractivity contribution in [1.29, 1.82) is 0 Å². The summed E-state index contributed by atoms with van der Waals surface area (Å²) in [5.74, 6) is 1.24. The van der Waals surface area contributed by atoms with Gasteiger partial charge in [-0.1, -0.05) is 20.3 Å². The lowest BCUT2D eigenvalue weighted by Crippen LogP contribution is -2.30. The molecule has 0 amide bonds. The second-order valence-corrected chi connectivity index (χ2v) is 5.57. The van der Waals surface area contributed by atoms with Crippen LogP contribution in [0.15, 0.2) is 0 Å². The first-order valence-corrected chi connectivity index (χ1v) is 6.58. The van der Waals surface area contributed by atoms with Gasteiger partial charge in [0.25, 0.3) is 0 Å². The summed E-state index contributed by atoms with van der Waals surface area (Å²) in [5, 5.41) is 3.25. The number of esters is 1. The molecule has 0 spiro atoms. The fraction of sp³-hybridized carbons (Fsp3) is 0.923. The maximum absolute atomic E-state index is 12.0. The van der Waals surface area contributed by atoms with Crippen LogP contribution in [0.3, 0.4) is 0 Å². The van der Waals surface area contributed by atoms with Crippen molar-refractivity contribution in [3.8, 4) is 0 Å². The molecule has 1 heterocycles. The van der Waals surface area contributed by atoms with Crippen LogP contribution < -0.4 is 5.32 Å². The van der Waals surface area contributed by atoms with Crippen molar-refractivity contribution < 1.29 is 9.53 Å². The Morgan fingerprint density at radius 3 is 2.69 bits per heavy atom. The molecule has 4 unspecified atom stereocenters. The van der Waals surface area contributed by atoms with Crippen LogP contribution in [0.1, 0.15) is 39.5 Å². The smallest absolute Gasteiger partial charge is 0.310 e. The first-order valence-electron chi connectivity index (χ1n) is 6.58. The van der Waals surface area contributed by atoms with E-state index < -0.39 is 0 Å². The zero-order valence-electron chi connectivity index (χ0n) is 10.4. The molecule has 1 saturated carbocycles. The monoisotopic (exact) mass is 225 g/mol. The molecule has 0 bridgehead atoms. The zero-order valence-corrected chi connectivity index (χ0v) is 10.4. The van der Waals surface area contributed by atoms with Crippen molar-refractivity contribution in [2.45, 2.75) is 45.6 Å². The summed E-state index contributed by atoms with van der Waals surface area (Å²) in [7, 11) is 0. The zero-order chi connectivity index (χ0) is 11.5. The van der Waals surface area contributed by atoms with Gasteiger partial charge in [-0.25, -0.2) is 0 Å². The number of hydrogen-bond donors (Lipinski definition) is 1. The Balaban J connectivity index is 1.82. The lowest BCUT2D eigenvalue weighted by Gasteiger charge is -2.28. The molecule has 4 atom stereocenters. The van der Waals surface area contributed by atoms with Crippen LogP contribution in [0.25, 0.3) is 0 Å². The van der Waals surface area contributed by atoms with Gasteiger partial charge in [0.1, 0.15) is 6.10 Å². The number of rotatable bonds is 2. The SMILES string of the molecule is CC1CCCC(OC(=O)C2CNCC2C)C1. The summed E-state index contributed by atoms with van der Waals surface area (Å²) in [6.07, 6.45) is 4.79. The molecule has 1 aliphatic carbocycles. The molecule has 0 aromatic carbocycles. The highest BCUT2D eigenvalue weighted by Gasteiger charge is 2.33. The van der Waals surface area contributed by atoms with E-state index in [1.165, 1.54) is 12.8 Å². The van der Waals surface area contributed by atoms with Gasteiger partial charge in [-0.15, -0.1) is 0 Å². The van der Waals surface area contributed by atoms with Crippen molar-refractivity contribution in [1.82, 2.24) is 5.32 Å². The fourth-order valence-electron chi connectivity index (χ4n) is 2.86. The highest BCUT2D eigenvalue weighted by Crippen LogP contribution is 2.27. The average molecular weight is 225 g/mol. The Kier molecular flexibility index (Phi) is 3.85. The number of nitrogens with one attached hydrogen (secondary N) is 1. The van der Waals surface area contributed by atoms with Gasteiger partial charge in [0.15, 0.2) is 0 Å². The van der Waals surface area contributed by atoms with Gasteiger partial charge in [-0.05, 0) is 37.6 Å². The second kappa shape index (κ2) is 5.17. The average Bonchev–Trinajstić information content (AvgIpc) is 2.64. The molecule has 0 radical (unpaired) electrons. The molecule has 2 aliphatic rings. The number of ether oxygens (including phenoxy) is 1. The third-order valence-electron chi connectivity index (χ3n) is 3.99. The third-order valence-corrected chi connectivity index (χ3v) is 3.99. The van der Waals surface area contributed by atoms with Crippen molar-refractivity contribution in [3.05, 3.63) is 0 Å². The summed E-state index contributed by atoms with van der Waals surface area (Å²) < 4.78 is 5.64. The van der Waals surface area contributed by atoms with Crippen LogP contribution in [0.2, 0.25) is 0 Å². The van der Waals surface area contributed by atoms with E-state index in [-0.39, 0.29) is 18.0 Å². The minimum Gasteiger partial charge on any atom is -0.462 e. The van der Waals surface area contributed by atoms with Crippen molar-refractivity contribution >= 4 is 5.97 Å². The van der Waals surface area contributed by atoms with Gasteiger partial charge < -0.3 is 10.1 Å². The van der Waals surface area contributed by atoms with Crippen LogP contribution in [0, 0.1) is 17.8 Å². The van der Waals surface area contributed by atoms with E-state index in [1.807, 2.05) is 0 Å². The van der Waals surface area contributed by atoms with E-state index in [2.05, 4.69) is 19.2 Å². The maximum Gasteiger partial charge on any atom is 0.310 e. The van der Waals surface area contributed by atoms with Gasteiger partial charge in [0.05, 0.1) is 5.92 Å². The summed E-state index contributed by atoms with van der Waals surface area (Å²) >= 11 is 0. The summed E-state index contributed by atoms with van der Waals surface area (Å²) in [6.45, 7) is 6.11. The van der Waals surface area contributed by atoms with Crippen LogP contribution in [-0.4, -0.2) is 25.2 Å². The molecule has 0 aromatic heterocycles. The molecule has 3 nitrogen and oxygen atoms in total. The number of carbonyl (C=O) groups is 1. The molecular formula is C13H23NO2. The minimum absolute atomic E-state index is 0.0246. The van der Waals surface area contributed by atoms with E-state index in [1.54, 1.807) is 0 Å². The highest BCUT2D eigenvalue weighted by molar-refractivity contribution is 5.73. The molecule has 92 valence electrons. The number of hydrogen-bond acceptors (Lipinski definition) is 3. The van der Waals surface area contributed by atoms with Crippen molar-refractivity contribution in [2.24, 2.45) is 17.8 Å². The fourth-order valence-corrected chi connectivity index (χ4v) is 2.86. The molecule has 2 rings (SSSR count). The topological polar surface area (TPSA) is 38.3 Å². The van der Waals surface area contributed by atoms with Gasteiger partial charge >= 0.3 is 5.97 Å². The second-order valence-electron chi connectivity index (χ2n) is 5.57. The predicted octanol–water partition coefficient (Wildman–Crippen LogP) is 1.96. The highest BCUT2D eigenvalue weighted by atomic mass is 16.5. The quantitative estimate of drug-likeness (QED) is 0.730. The van der Waals surface area contributed by atoms with Crippen LogP contribution in [0.5, 0.6) is 0 Å². The Morgan fingerprint density at radius 2 is 2.06 bits per heavy atom. The molecule has 0 aromatic rings. The van der Waals surface area contributed by atoms with Gasteiger partial charge in [-0.3, -0.25) is 4.79 Å². The lowest BCUT2D eigenvalue weighted by atomic mass is 9.88. The van der Waals surface area contributed by atoms with Gasteiger partial charge in [0.2, 0.25) is 0 Å². The van der Waals surface area contributed by atoms with E-state index in [4.69, 9.17) is 4.74 Å². The van der Waals surface area contributed by atoms with E-state index in [9.17, 15) is 4.79 Å². The Labute approximate surface area is 97.9 Å². The Bertz CT molecular complexity index is 254. The maximum atomic E-state index is 12.0. The first-order chi connectivity index (χ1) is 7.66. The van der Waals surface area contributed by atoms with Gasteiger partial charge in [-0.2, -0.15) is 0 Å². The van der Waals surface area contributed by atoms with Crippen molar-refractivity contribution in [3.63, 3.8) is 0 Å². The number of carbonyl (C=O) groups excluding carboxylic acids is 1. The Morgan fingerprint density at radius 1 is 1.25 bits per heavy atom. The third kappa shape index (κ3) is 2.76. The molecular weight excluding hydrogens is 202 g/mol. The van der Waals surface area contributed by atoms with E-state index >= 15 is 0 Å². The molecule has 1 saturated heterocycles. The molecule has 3 heteroatoms. The van der Waals surface area contributed by atoms with Gasteiger partial charge in [0, 0.05) is 6.54 Å². The normalized spacial score (nSPS) is 39.6. The van der Waals surface area contributed by atoms with Crippen LogP contribution in [0.4, 0.5) is 0 Å². The van der Waals surface area contributed by atoms with E-state index in [0.717, 1.165) is 25.9 Å². The summed E-state index contributed by atoms with van der Waals surface area (Å²) in [5.41, 5.74) is 0. The molecule has 1 N–H and O–H groups in total. The lowest BCUT2D eigenvalue weighted by molar-refractivity contribution is -0.156. The van der Waals surface area contributed by atoms with Crippen molar-refractivity contribution in [2.75, 3.05) is 13.1 Å². The van der Waals surface area contributed by atoms with E-state index in [0.29, 0.717) is 11.8 Å². The molecule has 1 aliphatic heterocycles. The largest absolute Gasteiger partial charge is 0.462 e. The minimum atomic E-state index is 0.0246. The molecule has 16 heavy (non-hydrogen) atoms. The summed E-state index contributed by atoms with van der Waals surface area (Å²) in [4.78, 5) is 12.0.